The number of nitrogens with zero attached hydrogens (tertiary/aromatic N) is 1. The second-order valence-electron chi connectivity index (χ2n) is 6.07. The van der Waals surface area contributed by atoms with Crippen LogP contribution in [-0.4, -0.2) is 47.7 Å². The monoisotopic (exact) mass is 270 g/mol. The molecule has 0 aliphatic carbocycles. The topological polar surface area (TPSA) is 52.6 Å². The molecule has 0 saturated carbocycles. The molecule has 0 spiro atoms. The van der Waals surface area contributed by atoms with Gasteiger partial charge in [-0.1, -0.05) is 26.7 Å². The fourth-order valence-electron chi connectivity index (χ4n) is 2.89. The molecule has 0 bridgehead atoms. The predicted octanol–water partition coefficient (Wildman–Crippen LogP) is 2.34. The molecule has 1 atom stereocenters. The fraction of sp³-hybridized carbons (Fsp3) is 0.933. The minimum Gasteiger partial charge on any atom is -0.480 e. The normalized spacial score (nSPS) is 21.2. The molecule has 0 aromatic rings. The molecular formula is C15H30N2O2. The van der Waals surface area contributed by atoms with Crippen molar-refractivity contribution in [1.82, 2.24) is 10.2 Å². The minimum atomic E-state index is -0.812. The van der Waals surface area contributed by atoms with Crippen LogP contribution >= 0.6 is 0 Å². The molecule has 0 radical (unpaired) electrons. The van der Waals surface area contributed by atoms with Gasteiger partial charge in [0.25, 0.3) is 0 Å². The van der Waals surface area contributed by atoms with Crippen LogP contribution in [0.15, 0.2) is 0 Å². The molecule has 1 aliphatic heterocycles. The van der Waals surface area contributed by atoms with Gasteiger partial charge in [-0.15, -0.1) is 0 Å². The first-order valence-corrected chi connectivity index (χ1v) is 7.72. The number of carbonyl (C=O) groups is 1. The van der Waals surface area contributed by atoms with Gasteiger partial charge in [-0.25, -0.2) is 0 Å². The van der Waals surface area contributed by atoms with Gasteiger partial charge < -0.3 is 15.3 Å². The summed E-state index contributed by atoms with van der Waals surface area (Å²) in [5.41, 5.74) is -0.812. The van der Waals surface area contributed by atoms with Gasteiger partial charge in [-0.3, -0.25) is 4.79 Å². The molecule has 1 aliphatic rings. The van der Waals surface area contributed by atoms with Crippen molar-refractivity contribution < 1.29 is 9.90 Å². The summed E-state index contributed by atoms with van der Waals surface area (Å²) in [7, 11) is 0. The van der Waals surface area contributed by atoms with Crippen molar-refractivity contribution in [2.45, 2.75) is 58.4 Å². The third-order valence-electron chi connectivity index (χ3n) is 4.18. The van der Waals surface area contributed by atoms with Crippen molar-refractivity contribution in [1.29, 1.82) is 0 Å². The largest absolute Gasteiger partial charge is 0.480 e. The maximum Gasteiger partial charge on any atom is 0.324 e. The molecule has 1 rings (SSSR count). The third-order valence-corrected chi connectivity index (χ3v) is 4.18. The Hall–Kier alpha value is -0.610. The Morgan fingerprint density at radius 2 is 1.95 bits per heavy atom. The molecule has 0 aromatic carbocycles. The summed E-state index contributed by atoms with van der Waals surface area (Å²) in [6.07, 6.45) is 5.98. The SMILES string of the molecule is CCCNC(C)(CN1CCC(CCC)CC1)C(=O)O. The van der Waals surface area contributed by atoms with Gasteiger partial charge in [0.1, 0.15) is 5.54 Å². The Balaban J connectivity index is 2.45. The average molecular weight is 270 g/mol. The van der Waals surface area contributed by atoms with Crippen LogP contribution in [0.1, 0.15) is 52.9 Å². The summed E-state index contributed by atoms with van der Waals surface area (Å²) in [5, 5.41) is 12.6. The van der Waals surface area contributed by atoms with Gasteiger partial charge in [0.15, 0.2) is 0 Å². The first-order chi connectivity index (χ1) is 9.01. The molecule has 19 heavy (non-hydrogen) atoms. The Morgan fingerprint density at radius 1 is 1.32 bits per heavy atom. The summed E-state index contributed by atoms with van der Waals surface area (Å²) in [5.74, 6) is 0.109. The number of aliphatic carboxylic acids is 1. The molecule has 112 valence electrons. The van der Waals surface area contributed by atoms with E-state index >= 15 is 0 Å². The third kappa shape index (κ3) is 5.11. The molecule has 1 unspecified atom stereocenters. The zero-order chi connectivity index (χ0) is 14.3. The van der Waals surface area contributed by atoms with Gasteiger partial charge in [0.05, 0.1) is 0 Å². The van der Waals surface area contributed by atoms with Gasteiger partial charge in [-0.05, 0) is 51.7 Å². The Labute approximate surface area is 117 Å². The number of likely N-dealkylation sites (tertiary alicyclic amines) is 1. The smallest absolute Gasteiger partial charge is 0.324 e. The fourth-order valence-corrected chi connectivity index (χ4v) is 2.89. The zero-order valence-corrected chi connectivity index (χ0v) is 12.7. The van der Waals surface area contributed by atoms with Crippen molar-refractivity contribution in [2.75, 3.05) is 26.2 Å². The number of hydrogen-bond acceptors (Lipinski definition) is 3. The van der Waals surface area contributed by atoms with Crippen LogP contribution < -0.4 is 5.32 Å². The lowest BCUT2D eigenvalue weighted by atomic mass is 9.91. The van der Waals surface area contributed by atoms with Crippen LogP contribution in [0, 0.1) is 5.92 Å². The molecule has 2 N–H and O–H groups in total. The molecular weight excluding hydrogens is 240 g/mol. The van der Waals surface area contributed by atoms with Crippen LogP contribution in [0.2, 0.25) is 0 Å². The van der Waals surface area contributed by atoms with E-state index in [2.05, 4.69) is 24.1 Å². The second-order valence-corrected chi connectivity index (χ2v) is 6.07. The van der Waals surface area contributed by atoms with E-state index in [0.717, 1.165) is 32.0 Å². The van der Waals surface area contributed by atoms with Gasteiger partial charge in [-0.2, -0.15) is 0 Å². The summed E-state index contributed by atoms with van der Waals surface area (Å²) < 4.78 is 0. The standard InChI is InChI=1S/C15H30N2O2/c1-4-6-13-7-10-17(11-8-13)12-15(3,14(18)19)16-9-5-2/h13,16H,4-12H2,1-3H3,(H,18,19). The molecule has 1 saturated heterocycles. The van der Waals surface area contributed by atoms with Crippen molar-refractivity contribution >= 4 is 5.97 Å². The maximum absolute atomic E-state index is 11.5. The highest BCUT2D eigenvalue weighted by atomic mass is 16.4. The van der Waals surface area contributed by atoms with E-state index < -0.39 is 11.5 Å². The lowest BCUT2D eigenvalue weighted by molar-refractivity contribution is -0.145. The van der Waals surface area contributed by atoms with E-state index in [4.69, 9.17) is 0 Å². The summed E-state index contributed by atoms with van der Waals surface area (Å²) in [4.78, 5) is 13.8. The van der Waals surface area contributed by atoms with E-state index in [1.54, 1.807) is 0 Å². The van der Waals surface area contributed by atoms with Crippen LogP contribution in [0.5, 0.6) is 0 Å². The maximum atomic E-state index is 11.5. The van der Waals surface area contributed by atoms with Gasteiger partial charge >= 0.3 is 5.97 Å². The average Bonchev–Trinajstić information content (AvgIpc) is 2.39. The lowest BCUT2D eigenvalue weighted by Gasteiger charge is -2.37. The summed E-state index contributed by atoms with van der Waals surface area (Å²) >= 11 is 0. The number of hydrogen-bond donors (Lipinski definition) is 2. The molecule has 0 amide bonds. The van der Waals surface area contributed by atoms with Crippen LogP contribution in [0.25, 0.3) is 0 Å². The highest BCUT2D eigenvalue weighted by Gasteiger charge is 2.35. The van der Waals surface area contributed by atoms with Crippen LogP contribution in [0.3, 0.4) is 0 Å². The van der Waals surface area contributed by atoms with Crippen molar-refractivity contribution in [3.63, 3.8) is 0 Å². The van der Waals surface area contributed by atoms with E-state index in [9.17, 15) is 9.90 Å². The second kappa shape index (κ2) is 7.85. The first-order valence-electron chi connectivity index (χ1n) is 7.72. The van der Waals surface area contributed by atoms with Crippen molar-refractivity contribution in [3.8, 4) is 0 Å². The Morgan fingerprint density at radius 3 is 2.42 bits per heavy atom. The zero-order valence-electron chi connectivity index (χ0n) is 12.7. The van der Waals surface area contributed by atoms with Gasteiger partial charge in [0, 0.05) is 6.54 Å². The number of carboxylic acid groups (broad SMARTS) is 1. The molecule has 0 aromatic heterocycles. The Bertz CT molecular complexity index is 275. The quantitative estimate of drug-likeness (QED) is 0.711. The molecule has 1 heterocycles. The number of piperidine rings is 1. The first kappa shape index (κ1) is 16.4. The van der Waals surface area contributed by atoms with Crippen LogP contribution in [-0.2, 0) is 4.79 Å². The lowest BCUT2D eigenvalue weighted by Crippen LogP contribution is -2.58. The van der Waals surface area contributed by atoms with E-state index in [1.165, 1.54) is 25.7 Å². The number of nitrogens with one attached hydrogen (secondary N) is 1. The summed E-state index contributed by atoms with van der Waals surface area (Å²) in [6, 6.07) is 0. The van der Waals surface area contributed by atoms with Gasteiger partial charge in [0.2, 0.25) is 0 Å². The van der Waals surface area contributed by atoms with Crippen LogP contribution in [0.4, 0.5) is 0 Å². The molecule has 4 nitrogen and oxygen atoms in total. The minimum absolute atomic E-state index is 0.612. The van der Waals surface area contributed by atoms with E-state index in [-0.39, 0.29) is 0 Å². The molecule has 1 fully saturated rings. The van der Waals surface area contributed by atoms with Crippen molar-refractivity contribution in [3.05, 3.63) is 0 Å². The number of carboxylic acids is 1. The highest BCUT2D eigenvalue weighted by Crippen LogP contribution is 2.23. The number of rotatable bonds is 8. The van der Waals surface area contributed by atoms with E-state index in [1.807, 2.05) is 6.92 Å². The summed E-state index contributed by atoms with van der Waals surface area (Å²) in [6.45, 7) is 9.57. The van der Waals surface area contributed by atoms with Crippen molar-refractivity contribution in [2.24, 2.45) is 5.92 Å². The predicted molar refractivity (Wildman–Crippen MR) is 78.4 cm³/mol. The Kier molecular flexibility index (Phi) is 6.80. The highest BCUT2D eigenvalue weighted by molar-refractivity contribution is 5.78. The van der Waals surface area contributed by atoms with E-state index in [0.29, 0.717) is 6.54 Å². The molecule has 4 heteroatoms.